The molecule has 0 bridgehead atoms. The van der Waals surface area contributed by atoms with Crippen LogP contribution in [0.3, 0.4) is 0 Å². The van der Waals surface area contributed by atoms with Crippen molar-refractivity contribution in [3.63, 3.8) is 0 Å². The normalized spacial score (nSPS) is 12.0. The second-order valence-electron chi connectivity index (χ2n) is 4.87. The summed E-state index contributed by atoms with van der Waals surface area (Å²) in [5.74, 6) is 0.457. The van der Waals surface area contributed by atoms with Crippen molar-refractivity contribution in [2.45, 2.75) is 26.6 Å². The molecule has 21 heavy (non-hydrogen) atoms. The van der Waals surface area contributed by atoms with E-state index in [1.54, 1.807) is 6.92 Å². The number of hydrogen-bond donors (Lipinski definition) is 1. The third-order valence-corrected chi connectivity index (χ3v) is 3.30. The Labute approximate surface area is 123 Å². The Morgan fingerprint density at radius 3 is 2.62 bits per heavy atom. The van der Waals surface area contributed by atoms with Crippen molar-refractivity contribution in [3.05, 3.63) is 69.3 Å². The number of hydrogen-bond acceptors (Lipinski definition) is 4. The first-order chi connectivity index (χ1) is 9.99. The summed E-state index contributed by atoms with van der Waals surface area (Å²) in [6.07, 6.45) is -0.836. The topological polar surface area (TPSA) is 72.6 Å². The smallest absolute Gasteiger partial charge is 0.270 e. The number of aliphatic hydroxyl groups is 1. The molecule has 0 radical (unpaired) electrons. The largest absolute Gasteiger partial charge is 0.489 e. The third kappa shape index (κ3) is 3.58. The molecule has 5 heteroatoms. The number of rotatable bonds is 5. The van der Waals surface area contributed by atoms with Crippen LogP contribution in [0, 0.1) is 17.0 Å². The molecule has 110 valence electrons. The molecule has 0 aliphatic carbocycles. The molecule has 0 saturated heterocycles. The van der Waals surface area contributed by atoms with E-state index in [4.69, 9.17) is 4.74 Å². The number of ether oxygens (including phenoxy) is 1. The van der Waals surface area contributed by atoms with E-state index in [1.165, 1.54) is 18.2 Å². The number of aryl methyl sites for hydroxylation is 1. The van der Waals surface area contributed by atoms with E-state index in [1.807, 2.05) is 31.2 Å². The summed E-state index contributed by atoms with van der Waals surface area (Å²) < 4.78 is 5.72. The molecule has 0 aliphatic heterocycles. The fraction of sp³-hybridized carbons (Fsp3) is 0.250. The first-order valence-electron chi connectivity index (χ1n) is 6.62. The van der Waals surface area contributed by atoms with Crippen molar-refractivity contribution < 1.29 is 14.8 Å². The van der Waals surface area contributed by atoms with Gasteiger partial charge in [0.15, 0.2) is 0 Å². The van der Waals surface area contributed by atoms with Gasteiger partial charge in [-0.25, -0.2) is 0 Å². The minimum absolute atomic E-state index is 0.0610. The van der Waals surface area contributed by atoms with Crippen LogP contribution in [0.5, 0.6) is 5.75 Å². The first-order valence-corrected chi connectivity index (χ1v) is 6.62. The molecule has 1 N–H and O–H groups in total. The van der Waals surface area contributed by atoms with Crippen molar-refractivity contribution in [3.8, 4) is 5.75 Å². The van der Waals surface area contributed by atoms with Crippen molar-refractivity contribution >= 4 is 5.69 Å². The maximum Gasteiger partial charge on any atom is 0.270 e. The Hall–Kier alpha value is -2.40. The van der Waals surface area contributed by atoms with E-state index < -0.39 is 11.0 Å². The number of non-ortho nitro benzene ring substituents is 1. The second kappa shape index (κ2) is 6.37. The monoisotopic (exact) mass is 287 g/mol. The highest BCUT2D eigenvalue weighted by molar-refractivity contribution is 5.45. The molecule has 0 heterocycles. The van der Waals surface area contributed by atoms with Gasteiger partial charge in [-0.2, -0.15) is 0 Å². The molecule has 0 spiro atoms. The number of nitro groups is 1. The lowest BCUT2D eigenvalue weighted by molar-refractivity contribution is -0.385. The zero-order valence-electron chi connectivity index (χ0n) is 11.9. The van der Waals surface area contributed by atoms with Gasteiger partial charge in [0.25, 0.3) is 5.69 Å². The van der Waals surface area contributed by atoms with Gasteiger partial charge in [-0.15, -0.1) is 0 Å². The number of nitrogens with zero attached hydrogens (tertiary/aromatic N) is 1. The van der Waals surface area contributed by atoms with Crippen molar-refractivity contribution in [2.24, 2.45) is 0 Å². The van der Waals surface area contributed by atoms with Gasteiger partial charge in [0.2, 0.25) is 0 Å². The number of nitro benzene ring substituents is 1. The SMILES string of the molecule is Cc1ccccc1COc1ccc([N+](=O)[O-])cc1[C@@H](C)O. The van der Waals surface area contributed by atoms with Crippen molar-refractivity contribution in [1.29, 1.82) is 0 Å². The van der Waals surface area contributed by atoms with E-state index in [0.717, 1.165) is 11.1 Å². The standard InChI is InChI=1S/C16H17NO4/c1-11-5-3-4-6-13(11)10-21-16-8-7-14(17(19)20)9-15(16)12(2)18/h3-9,12,18H,10H2,1-2H3/t12-/m1/s1. The molecule has 0 aliphatic rings. The highest BCUT2D eigenvalue weighted by Gasteiger charge is 2.15. The minimum Gasteiger partial charge on any atom is -0.489 e. The zero-order chi connectivity index (χ0) is 15.4. The van der Waals surface area contributed by atoms with Gasteiger partial charge in [-0.05, 0) is 31.0 Å². The van der Waals surface area contributed by atoms with Crippen LogP contribution in [-0.2, 0) is 6.61 Å². The van der Waals surface area contributed by atoms with Gasteiger partial charge in [0.1, 0.15) is 12.4 Å². The predicted octanol–water partition coefficient (Wildman–Crippen LogP) is 3.54. The Balaban J connectivity index is 2.23. The Morgan fingerprint density at radius 1 is 1.29 bits per heavy atom. The van der Waals surface area contributed by atoms with E-state index >= 15 is 0 Å². The summed E-state index contributed by atoms with van der Waals surface area (Å²) in [4.78, 5) is 10.3. The molecular weight excluding hydrogens is 270 g/mol. The molecule has 2 aromatic rings. The molecule has 0 unspecified atom stereocenters. The van der Waals surface area contributed by atoms with Crippen molar-refractivity contribution in [1.82, 2.24) is 0 Å². The molecule has 1 atom stereocenters. The maximum atomic E-state index is 10.8. The Bertz CT molecular complexity index is 652. The fourth-order valence-corrected chi connectivity index (χ4v) is 2.03. The molecule has 0 fully saturated rings. The molecule has 0 saturated carbocycles. The van der Waals surface area contributed by atoms with E-state index in [-0.39, 0.29) is 5.69 Å². The molecule has 2 aromatic carbocycles. The lowest BCUT2D eigenvalue weighted by atomic mass is 10.1. The average Bonchev–Trinajstić information content (AvgIpc) is 2.46. The van der Waals surface area contributed by atoms with Gasteiger partial charge in [-0.1, -0.05) is 24.3 Å². The minimum atomic E-state index is -0.836. The van der Waals surface area contributed by atoms with Crippen LogP contribution in [0.25, 0.3) is 0 Å². The average molecular weight is 287 g/mol. The summed E-state index contributed by atoms with van der Waals surface area (Å²) in [5, 5.41) is 20.6. The van der Waals surface area contributed by atoms with Crippen LogP contribution in [0.4, 0.5) is 5.69 Å². The van der Waals surface area contributed by atoms with Crippen LogP contribution in [0.15, 0.2) is 42.5 Å². The van der Waals surface area contributed by atoms with E-state index in [0.29, 0.717) is 17.9 Å². The lowest BCUT2D eigenvalue weighted by Crippen LogP contribution is -2.03. The van der Waals surface area contributed by atoms with Crippen LogP contribution in [-0.4, -0.2) is 10.0 Å². The summed E-state index contributed by atoms with van der Waals surface area (Å²) in [6.45, 7) is 3.90. The summed E-state index contributed by atoms with van der Waals surface area (Å²) in [6, 6.07) is 12.1. The van der Waals surface area contributed by atoms with Crippen LogP contribution >= 0.6 is 0 Å². The van der Waals surface area contributed by atoms with E-state index in [2.05, 4.69) is 0 Å². The molecular formula is C16H17NO4. The van der Waals surface area contributed by atoms with Gasteiger partial charge in [0.05, 0.1) is 11.0 Å². The Kier molecular flexibility index (Phi) is 4.55. The van der Waals surface area contributed by atoms with Crippen LogP contribution < -0.4 is 4.74 Å². The lowest BCUT2D eigenvalue weighted by Gasteiger charge is -2.14. The van der Waals surface area contributed by atoms with Gasteiger partial charge >= 0.3 is 0 Å². The maximum absolute atomic E-state index is 10.8. The quantitative estimate of drug-likeness (QED) is 0.674. The van der Waals surface area contributed by atoms with E-state index in [9.17, 15) is 15.2 Å². The Morgan fingerprint density at radius 2 is 2.00 bits per heavy atom. The molecule has 0 aromatic heterocycles. The van der Waals surface area contributed by atoms with Crippen LogP contribution in [0.2, 0.25) is 0 Å². The molecule has 0 amide bonds. The zero-order valence-corrected chi connectivity index (χ0v) is 11.9. The predicted molar refractivity (Wildman–Crippen MR) is 79.2 cm³/mol. The first kappa shape index (κ1) is 15.0. The third-order valence-electron chi connectivity index (χ3n) is 3.30. The highest BCUT2D eigenvalue weighted by Crippen LogP contribution is 2.30. The van der Waals surface area contributed by atoms with Crippen molar-refractivity contribution in [2.75, 3.05) is 0 Å². The highest BCUT2D eigenvalue weighted by atomic mass is 16.6. The molecule has 5 nitrogen and oxygen atoms in total. The van der Waals surface area contributed by atoms with Gasteiger partial charge < -0.3 is 9.84 Å². The summed E-state index contributed by atoms with van der Waals surface area (Å²) in [5.41, 5.74) is 2.50. The number of aliphatic hydroxyl groups excluding tert-OH is 1. The van der Waals surface area contributed by atoms with Gasteiger partial charge in [-0.3, -0.25) is 10.1 Å². The van der Waals surface area contributed by atoms with Gasteiger partial charge in [0, 0.05) is 17.7 Å². The summed E-state index contributed by atoms with van der Waals surface area (Å²) >= 11 is 0. The fourth-order valence-electron chi connectivity index (χ4n) is 2.03. The van der Waals surface area contributed by atoms with Crippen LogP contribution in [0.1, 0.15) is 29.7 Å². The second-order valence-corrected chi connectivity index (χ2v) is 4.87. The molecule has 2 rings (SSSR count). The summed E-state index contributed by atoms with van der Waals surface area (Å²) in [7, 11) is 0. The number of benzene rings is 2.